The largest absolute Gasteiger partial charge is 0.379 e. The van der Waals surface area contributed by atoms with Crippen LogP contribution in [0.4, 0.5) is 0 Å². The van der Waals surface area contributed by atoms with Crippen molar-refractivity contribution in [1.29, 1.82) is 0 Å². The van der Waals surface area contributed by atoms with Crippen LogP contribution >= 0.6 is 0 Å². The fraction of sp³-hybridized carbons (Fsp3) is 1.00. The molecule has 0 bridgehead atoms. The summed E-state index contributed by atoms with van der Waals surface area (Å²) in [6.45, 7) is 14.2. The average molecular weight is 280 g/mol. The van der Waals surface area contributed by atoms with Crippen LogP contribution in [0.2, 0.25) is 0 Å². The topological polar surface area (TPSA) is 27.7 Å². The van der Waals surface area contributed by atoms with Crippen molar-refractivity contribution in [3.8, 4) is 0 Å². The molecular formula is C16H40O3. The highest BCUT2D eigenvalue weighted by Crippen LogP contribution is 1.98. The average Bonchev–Trinajstić information content (AvgIpc) is 2.19. The third kappa shape index (κ3) is 23.4. The fourth-order valence-electron chi connectivity index (χ4n) is 1.09. The Morgan fingerprint density at radius 1 is 0.632 bits per heavy atom. The number of ether oxygens (including phenoxy) is 3. The summed E-state index contributed by atoms with van der Waals surface area (Å²) in [6.07, 6.45) is 0.174. The predicted octanol–water partition coefficient (Wildman–Crippen LogP) is 4.65. The van der Waals surface area contributed by atoms with E-state index in [0.717, 1.165) is 13.2 Å². The molecule has 0 saturated heterocycles. The Labute approximate surface area is 123 Å². The number of hydrogen-bond acceptors (Lipinski definition) is 3. The minimum absolute atomic E-state index is 0. The molecule has 0 aliphatic rings. The first kappa shape index (κ1) is 27.3. The van der Waals surface area contributed by atoms with E-state index in [4.69, 9.17) is 14.2 Å². The van der Waals surface area contributed by atoms with Crippen LogP contribution in [0.15, 0.2) is 0 Å². The molecule has 0 amide bonds. The van der Waals surface area contributed by atoms with Crippen molar-refractivity contribution in [3.05, 3.63) is 0 Å². The van der Waals surface area contributed by atoms with Gasteiger partial charge in [0.15, 0.2) is 0 Å². The SMILES string of the molecule is C.C.C.CC(C)COCCOCC(C)OCC(C)C. The Kier molecular flexibility index (Phi) is 25.7. The lowest BCUT2D eigenvalue weighted by Gasteiger charge is -2.15. The Morgan fingerprint density at radius 2 is 1.05 bits per heavy atom. The first-order valence-corrected chi connectivity index (χ1v) is 6.29. The van der Waals surface area contributed by atoms with Crippen molar-refractivity contribution >= 4 is 0 Å². The van der Waals surface area contributed by atoms with Gasteiger partial charge in [0.05, 0.1) is 25.9 Å². The lowest BCUT2D eigenvalue weighted by Crippen LogP contribution is -2.20. The number of rotatable bonds is 10. The van der Waals surface area contributed by atoms with Gasteiger partial charge in [-0.15, -0.1) is 0 Å². The zero-order valence-corrected chi connectivity index (χ0v) is 11.5. The second kappa shape index (κ2) is 17.9. The first-order chi connectivity index (χ1) is 7.52. The van der Waals surface area contributed by atoms with Gasteiger partial charge in [0, 0.05) is 13.2 Å². The smallest absolute Gasteiger partial charge is 0.0780 e. The molecule has 0 rings (SSSR count). The molecule has 19 heavy (non-hydrogen) atoms. The van der Waals surface area contributed by atoms with E-state index < -0.39 is 0 Å². The van der Waals surface area contributed by atoms with E-state index in [-0.39, 0.29) is 28.4 Å². The van der Waals surface area contributed by atoms with Crippen molar-refractivity contribution in [2.24, 2.45) is 11.8 Å². The summed E-state index contributed by atoms with van der Waals surface area (Å²) < 4.78 is 16.5. The molecule has 1 atom stereocenters. The highest BCUT2D eigenvalue weighted by Gasteiger charge is 2.03. The molecule has 0 aromatic carbocycles. The molecule has 122 valence electrons. The maximum Gasteiger partial charge on any atom is 0.0780 e. The normalized spacial score (nSPS) is 11.5. The molecule has 0 fully saturated rings. The van der Waals surface area contributed by atoms with E-state index >= 15 is 0 Å². The molecule has 3 nitrogen and oxygen atoms in total. The van der Waals surface area contributed by atoms with Crippen molar-refractivity contribution < 1.29 is 14.2 Å². The Hall–Kier alpha value is -0.120. The van der Waals surface area contributed by atoms with Gasteiger partial charge >= 0.3 is 0 Å². The maximum absolute atomic E-state index is 5.58. The Balaban J connectivity index is -0.000000375. The van der Waals surface area contributed by atoms with Crippen molar-refractivity contribution in [1.82, 2.24) is 0 Å². The van der Waals surface area contributed by atoms with Crippen LogP contribution in [0.5, 0.6) is 0 Å². The summed E-state index contributed by atoms with van der Waals surface area (Å²) in [4.78, 5) is 0. The molecule has 0 aromatic rings. The molecule has 0 spiro atoms. The third-order valence-corrected chi connectivity index (χ3v) is 1.89. The summed E-state index contributed by atoms with van der Waals surface area (Å²) in [5.74, 6) is 1.17. The van der Waals surface area contributed by atoms with Crippen LogP contribution in [0.3, 0.4) is 0 Å². The highest BCUT2D eigenvalue weighted by atomic mass is 16.5. The molecule has 3 heteroatoms. The van der Waals surface area contributed by atoms with Crippen LogP contribution in [-0.2, 0) is 14.2 Å². The second-order valence-electron chi connectivity index (χ2n) is 5.08. The van der Waals surface area contributed by atoms with Crippen LogP contribution in [0, 0.1) is 11.8 Å². The van der Waals surface area contributed by atoms with Gasteiger partial charge in [0.25, 0.3) is 0 Å². The molecule has 0 heterocycles. The van der Waals surface area contributed by atoms with E-state index in [1.165, 1.54) is 0 Å². The summed E-state index contributed by atoms with van der Waals surface area (Å²) in [5, 5.41) is 0. The van der Waals surface area contributed by atoms with Crippen molar-refractivity contribution in [3.63, 3.8) is 0 Å². The van der Waals surface area contributed by atoms with E-state index in [2.05, 4.69) is 27.7 Å². The molecule has 1 unspecified atom stereocenters. The fourth-order valence-corrected chi connectivity index (χ4v) is 1.09. The molecular weight excluding hydrogens is 240 g/mol. The quantitative estimate of drug-likeness (QED) is 0.545. The van der Waals surface area contributed by atoms with E-state index in [9.17, 15) is 0 Å². The van der Waals surface area contributed by atoms with E-state index in [1.807, 2.05) is 6.92 Å². The monoisotopic (exact) mass is 280 g/mol. The predicted molar refractivity (Wildman–Crippen MR) is 86.9 cm³/mol. The van der Waals surface area contributed by atoms with Crippen LogP contribution in [-0.4, -0.2) is 39.1 Å². The summed E-state index contributed by atoms with van der Waals surface area (Å²) in [7, 11) is 0. The van der Waals surface area contributed by atoms with Gasteiger partial charge in [-0.2, -0.15) is 0 Å². The molecule has 0 aromatic heterocycles. The Bertz CT molecular complexity index is 147. The molecule has 0 aliphatic heterocycles. The van der Waals surface area contributed by atoms with Crippen LogP contribution < -0.4 is 0 Å². The Morgan fingerprint density at radius 3 is 1.47 bits per heavy atom. The highest BCUT2D eigenvalue weighted by molar-refractivity contribution is 4.49. The first-order valence-electron chi connectivity index (χ1n) is 6.29. The van der Waals surface area contributed by atoms with Gasteiger partial charge in [-0.05, 0) is 18.8 Å². The molecule has 0 N–H and O–H groups in total. The second-order valence-corrected chi connectivity index (χ2v) is 5.08. The van der Waals surface area contributed by atoms with E-state index in [0.29, 0.717) is 31.7 Å². The molecule has 0 aliphatic carbocycles. The lowest BCUT2D eigenvalue weighted by molar-refractivity contribution is -0.0320. The summed E-state index contributed by atoms with van der Waals surface area (Å²) in [5.41, 5.74) is 0. The van der Waals surface area contributed by atoms with Gasteiger partial charge in [0.1, 0.15) is 0 Å². The zero-order chi connectivity index (χ0) is 12.4. The van der Waals surface area contributed by atoms with Gasteiger partial charge in [0.2, 0.25) is 0 Å². The van der Waals surface area contributed by atoms with Gasteiger partial charge in [-0.25, -0.2) is 0 Å². The standard InChI is InChI=1S/C13H28O3.3CH4/c1-11(2)8-14-6-7-15-10-13(5)16-9-12(3)4;;;/h11-13H,6-10H2,1-5H3;3*1H4. The van der Waals surface area contributed by atoms with Gasteiger partial charge < -0.3 is 14.2 Å². The summed E-state index contributed by atoms with van der Waals surface area (Å²) >= 11 is 0. The van der Waals surface area contributed by atoms with E-state index in [1.54, 1.807) is 0 Å². The van der Waals surface area contributed by atoms with Gasteiger partial charge in [-0.1, -0.05) is 50.0 Å². The maximum atomic E-state index is 5.58. The third-order valence-electron chi connectivity index (χ3n) is 1.89. The zero-order valence-electron chi connectivity index (χ0n) is 11.5. The molecule has 0 saturated carbocycles. The van der Waals surface area contributed by atoms with Crippen molar-refractivity contribution in [2.75, 3.05) is 33.0 Å². The van der Waals surface area contributed by atoms with Crippen LogP contribution in [0.1, 0.15) is 56.9 Å². The van der Waals surface area contributed by atoms with Crippen LogP contribution in [0.25, 0.3) is 0 Å². The minimum Gasteiger partial charge on any atom is -0.379 e. The van der Waals surface area contributed by atoms with Gasteiger partial charge in [-0.3, -0.25) is 0 Å². The minimum atomic E-state index is 0. The van der Waals surface area contributed by atoms with Crippen molar-refractivity contribution in [2.45, 2.75) is 63.0 Å². The number of hydrogen-bond donors (Lipinski definition) is 0. The summed E-state index contributed by atoms with van der Waals surface area (Å²) in [6, 6.07) is 0. The lowest BCUT2D eigenvalue weighted by atomic mass is 10.2. The molecule has 0 radical (unpaired) electrons.